The maximum absolute atomic E-state index is 5.99. The summed E-state index contributed by atoms with van der Waals surface area (Å²) in [6.45, 7) is 3.29. The number of nitrogens with zero attached hydrogens (tertiary/aromatic N) is 2. The first-order valence-electron chi connectivity index (χ1n) is 9.26. The fraction of sp³-hybridized carbons (Fsp3) is 0.261. The summed E-state index contributed by atoms with van der Waals surface area (Å²) in [6.07, 6.45) is 4.38. The molecule has 2 heterocycles. The van der Waals surface area contributed by atoms with Gasteiger partial charge in [-0.25, -0.2) is 0 Å². The van der Waals surface area contributed by atoms with Gasteiger partial charge >= 0.3 is 0 Å². The molecular weight excluding hydrogens is 340 g/mol. The van der Waals surface area contributed by atoms with Gasteiger partial charge in [0.05, 0.1) is 5.69 Å². The molecule has 3 heteroatoms. The van der Waals surface area contributed by atoms with Crippen molar-refractivity contribution in [2.45, 2.75) is 25.3 Å². The van der Waals surface area contributed by atoms with E-state index in [4.69, 9.17) is 11.6 Å². The zero-order chi connectivity index (χ0) is 17.8. The van der Waals surface area contributed by atoms with Crippen LogP contribution in [0.5, 0.6) is 0 Å². The average molecular weight is 363 g/mol. The molecule has 1 saturated heterocycles. The second-order valence-corrected chi connectivity index (χ2v) is 7.45. The van der Waals surface area contributed by atoms with Gasteiger partial charge in [0.2, 0.25) is 0 Å². The molecule has 1 aromatic heterocycles. The second-order valence-electron chi connectivity index (χ2n) is 7.02. The number of likely N-dealkylation sites (tertiary alicyclic amines) is 1. The van der Waals surface area contributed by atoms with Gasteiger partial charge in [0.25, 0.3) is 0 Å². The van der Waals surface area contributed by atoms with Crippen molar-refractivity contribution >= 4 is 11.6 Å². The van der Waals surface area contributed by atoms with E-state index in [1.165, 1.54) is 24.0 Å². The number of hydrogen-bond donors (Lipinski definition) is 0. The highest BCUT2D eigenvalue weighted by Gasteiger charge is 2.20. The molecule has 2 nitrogen and oxygen atoms in total. The van der Waals surface area contributed by atoms with Crippen molar-refractivity contribution in [1.29, 1.82) is 0 Å². The SMILES string of the molecule is Clc1ccc(-c2cc(CN3CCC(c4ccccc4)CC3)ccn2)cc1. The van der Waals surface area contributed by atoms with E-state index < -0.39 is 0 Å². The van der Waals surface area contributed by atoms with Crippen LogP contribution >= 0.6 is 11.6 Å². The van der Waals surface area contributed by atoms with Crippen LogP contribution in [-0.2, 0) is 6.54 Å². The molecule has 3 aromatic rings. The Morgan fingerprint density at radius 3 is 2.38 bits per heavy atom. The first-order valence-corrected chi connectivity index (χ1v) is 9.64. The summed E-state index contributed by atoms with van der Waals surface area (Å²) in [6, 6.07) is 23.1. The first-order chi connectivity index (χ1) is 12.8. The molecule has 0 atom stereocenters. The van der Waals surface area contributed by atoms with Crippen molar-refractivity contribution in [3.8, 4) is 11.3 Å². The van der Waals surface area contributed by atoms with Crippen LogP contribution in [0.1, 0.15) is 29.9 Å². The molecule has 132 valence electrons. The fourth-order valence-corrected chi connectivity index (χ4v) is 3.88. The molecule has 0 aliphatic carbocycles. The summed E-state index contributed by atoms with van der Waals surface area (Å²) in [4.78, 5) is 7.08. The maximum atomic E-state index is 5.99. The van der Waals surface area contributed by atoms with Crippen LogP contribution in [0.3, 0.4) is 0 Å². The van der Waals surface area contributed by atoms with Crippen molar-refractivity contribution in [2.75, 3.05) is 13.1 Å². The van der Waals surface area contributed by atoms with Gasteiger partial charge < -0.3 is 0 Å². The van der Waals surface area contributed by atoms with Gasteiger partial charge in [0.15, 0.2) is 0 Å². The molecule has 0 radical (unpaired) electrons. The number of piperidine rings is 1. The molecule has 0 N–H and O–H groups in total. The Labute approximate surface area is 160 Å². The third-order valence-electron chi connectivity index (χ3n) is 5.23. The van der Waals surface area contributed by atoms with E-state index in [1.54, 1.807) is 0 Å². The minimum Gasteiger partial charge on any atom is -0.299 e. The van der Waals surface area contributed by atoms with Gasteiger partial charge in [-0.15, -0.1) is 0 Å². The molecule has 0 saturated carbocycles. The zero-order valence-electron chi connectivity index (χ0n) is 14.8. The number of benzene rings is 2. The number of pyridine rings is 1. The van der Waals surface area contributed by atoms with E-state index in [2.05, 4.69) is 52.3 Å². The lowest BCUT2D eigenvalue weighted by Crippen LogP contribution is -2.32. The topological polar surface area (TPSA) is 16.1 Å². The number of rotatable bonds is 4. The molecule has 1 fully saturated rings. The highest BCUT2D eigenvalue weighted by Crippen LogP contribution is 2.28. The van der Waals surface area contributed by atoms with Crippen LogP contribution in [0.25, 0.3) is 11.3 Å². The van der Waals surface area contributed by atoms with Crippen LogP contribution in [0.2, 0.25) is 5.02 Å². The summed E-state index contributed by atoms with van der Waals surface area (Å²) in [5, 5.41) is 0.756. The van der Waals surface area contributed by atoms with E-state index in [9.17, 15) is 0 Å². The van der Waals surface area contributed by atoms with Crippen molar-refractivity contribution in [3.63, 3.8) is 0 Å². The standard InChI is InChI=1S/C23H23ClN2/c24-22-8-6-21(7-9-22)23-16-18(10-13-25-23)17-26-14-11-20(12-15-26)19-4-2-1-3-5-19/h1-10,13,16,20H,11-12,14-15,17H2. The largest absolute Gasteiger partial charge is 0.299 e. The van der Waals surface area contributed by atoms with Crippen molar-refractivity contribution in [3.05, 3.63) is 89.1 Å². The Hall–Kier alpha value is -2.16. The quantitative estimate of drug-likeness (QED) is 0.584. The second kappa shape index (κ2) is 8.03. The van der Waals surface area contributed by atoms with Gasteiger partial charge in [-0.2, -0.15) is 0 Å². The molecule has 2 aromatic carbocycles. The monoisotopic (exact) mass is 362 g/mol. The molecule has 26 heavy (non-hydrogen) atoms. The van der Waals surface area contributed by atoms with Crippen LogP contribution < -0.4 is 0 Å². The molecular formula is C23H23ClN2. The molecule has 0 bridgehead atoms. The lowest BCUT2D eigenvalue weighted by molar-refractivity contribution is 0.204. The van der Waals surface area contributed by atoms with E-state index in [1.807, 2.05) is 30.5 Å². The van der Waals surface area contributed by atoms with Crippen LogP contribution in [0.4, 0.5) is 0 Å². The Bertz CT molecular complexity index is 838. The average Bonchev–Trinajstić information content (AvgIpc) is 2.70. The van der Waals surface area contributed by atoms with Gasteiger partial charge in [-0.3, -0.25) is 9.88 Å². The third kappa shape index (κ3) is 4.14. The van der Waals surface area contributed by atoms with Crippen LogP contribution in [-0.4, -0.2) is 23.0 Å². The lowest BCUT2D eigenvalue weighted by Gasteiger charge is -2.32. The summed E-state index contributed by atoms with van der Waals surface area (Å²) in [5.74, 6) is 0.703. The highest BCUT2D eigenvalue weighted by molar-refractivity contribution is 6.30. The summed E-state index contributed by atoms with van der Waals surface area (Å²) in [7, 11) is 0. The Balaban J connectivity index is 1.39. The van der Waals surface area contributed by atoms with E-state index in [0.717, 1.165) is 35.9 Å². The van der Waals surface area contributed by atoms with Crippen molar-refractivity contribution in [2.24, 2.45) is 0 Å². The fourth-order valence-electron chi connectivity index (χ4n) is 3.76. The summed E-state index contributed by atoms with van der Waals surface area (Å²) < 4.78 is 0. The number of halogens is 1. The Kier molecular flexibility index (Phi) is 5.33. The normalized spacial score (nSPS) is 15.9. The molecule has 0 unspecified atom stereocenters. The lowest BCUT2D eigenvalue weighted by atomic mass is 9.89. The first kappa shape index (κ1) is 17.3. The molecule has 0 spiro atoms. The molecule has 1 aliphatic rings. The maximum Gasteiger partial charge on any atom is 0.0705 e. The van der Waals surface area contributed by atoms with Gasteiger partial charge in [0, 0.05) is 23.3 Å². The smallest absolute Gasteiger partial charge is 0.0705 e. The van der Waals surface area contributed by atoms with E-state index in [0.29, 0.717) is 5.92 Å². The molecule has 4 rings (SSSR count). The van der Waals surface area contributed by atoms with Crippen molar-refractivity contribution in [1.82, 2.24) is 9.88 Å². The third-order valence-corrected chi connectivity index (χ3v) is 5.48. The molecule has 1 aliphatic heterocycles. The Morgan fingerprint density at radius 1 is 0.923 bits per heavy atom. The predicted molar refractivity (Wildman–Crippen MR) is 108 cm³/mol. The van der Waals surface area contributed by atoms with Gasteiger partial charge in [-0.05, 0) is 67.2 Å². The predicted octanol–water partition coefficient (Wildman–Crippen LogP) is 5.78. The van der Waals surface area contributed by atoms with Crippen LogP contribution in [0.15, 0.2) is 72.9 Å². The van der Waals surface area contributed by atoms with Gasteiger partial charge in [-0.1, -0.05) is 54.1 Å². The highest BCUT2D eigenvalue weighted by atomic mass is 35.5. The van der Waals surface area contributed by atoms with Gasteiger partial charge in [0.1, 0.15) is 0 Å². The number of hydrogen-bond acceptors (Lipinski definition) is 2. The van der Waals surface area contributed by atoms with E-state index >= 15 is 0 Å². The van der Waals surface area contributed by atoms with Crippen LogP contribution in [0, 0.1) is 0 Å². The zero-order valence-corrected chi connectivity index (χ0v) is 15.6. The minimum atomic E-state index is 0.703. The summed E-state index contributed by atoms with van der Waals surface area (Å²) in [5.41, 5.74) is 4.93. The van der Waals surface area contributed by atoms with E-state index in [-0.39, 0.29) is 0 Å². The number of aromatic nitrogens is 1. The minimum absolute atomic E-state index is 0.703. The summed E-state index contributed by atoms with van der Waals surface area (Å²) >= 11 is 5.99. The van der Waals surface area contributed by atoms with Crippen molar-refractivity contribution < 1.29 is 0 Å². The Morgan fingerprint density at radius 2 is 1.65 bits per heavy atom. The molecule has 0 amide bonds.